The van der Waals surface area contributed by atoms with Gasteiger partial charge in [-0.25, -0.2) is 9.97 Å². The fraction of sp³-hybridized carbons (Fsp3) is 0. The van der Waals surface area contributed by atoms with E-state index < -0.39 is 0 Å². The van der Waals surface area contributed by atoms with Crippen LogP contribution < -0.4 is 0 Å². The molecule has 0 unspecified atom stereocenters. The lowest BCUT2D eigenvalue weighted by atomic mass is 10.1. The first kappa shape index (κ1) is 8.63. The minimum atomic E-state index is 0.964. The summed E-state index contributed by atoms with van der Waals surface area (Å²) in [6.07, 6.45) is 9.02. The number of aromatic nitrogens is 2. The van der Waals surface area contributed by atoms with E-state index in [1.165, 1.54) is 0 Å². The Morgan fingerprint density at radius 1 is 1.29 bits per heavy atom. The average molecular weight is 182 g/mol. The van der Waals surface area contributed by atoms with Crippen molar-refractivity contribution in [2.24, 2.45) is 0 Å². The van der Waals surface area contributed by atoms with Gasteiger partial charge in [0.05, 0.1) is 5.52 Å². The Balaban J connectivity index is 2.51. The van der Waals surface area contributed by atoms with Gasteiger partial charge in [0.1, 0.15) is 6.33 Å². The number of fused-ring (bicyclic) bond motifs is 1. The van der Waals surface area contributed by atoms with Gasteiger partial charge in [0, 0.05) is 11.6 Å². The molecule has 2 rings (SSSR count). The molecule has 0 aliphatic rings. The van der Waals surface area contributed by atoms with Crippen LogP contribution >= 0.6 is 0 Å². The lowest BCUT2D eigenvalue weighted by Crippen LogP contribution is -1.81. The zero-order chi connectivity index (χ0) is 9.80. The SMILES string of the molecule is C=C/C=C\c1ccc2cncnc2c1. The molecule has 2 aromatic rings. The van der Waals surface area contributed by atoms with Crippen molar-refractivity contribution in [2.45, 2.75) is 0 Å². The molecule has 1 heterocycles. The Morgan fingerprint density at radius 2 is 2.21 bits per heavy atom. The Kier molecular flexibility index (Phi) is 2.36. The first-order valence-electron chi connectivity index (χ1n) is 4.39. The summed E-state index contributed by atoms with van der Waals surface area (Å²) in [6, 6.07) is 6.07. The topological polar surface area (TPSA) is 25.8 Å². The molecule has 0 saturated heterocycles. The summed E-state index contributed by atoms with van der Waals surface area (Å²) >= 11 is 0. The van der Waals surface area contributed by atoms with Crippen molar-refractivity contribution >= 4 is 17.0 Å². The van der Waals surface area contributed by atoms with Crippen LogP contribution in [0.4, 0.5) is 0 Å². The van der Waals surface area contributed by atoms with E-state index >= 15 is 0 Å². The Hall–Kier alpha value is -1.96. The zero-order valence-electron chi connectivity index (χ0n) is 7.72. The van der Waals surface area contributed by atoms with Crippen molar-refractivity contribution in [2.75, 3.05) is 0 Å². The molecule has 14 heavy (non-hydrogen) atoms. The van der Waals surface area contributed by atoms with Crippen LogP contribution in [0, 0.1) is 0 Å². The van der Waals surface area contributed by atoms with E-state index in [1.54, 1.807) is 12.4 Å². The number of rotatable bonds is 2. The molecule has 1 aromatic carbocycles. The summed E-state index contributed by atoms with van der Waals surface area (Å²) in [6.45, 7) is 3.63. The summed E-state index contributed by atoms with van der Waals surface area (Å²) in [5.74, 6) is 0. The van der Waals surface area contributed by atoms with E-state index in [9.17, 15) is 0 Å². The molecule has 0 amide bonds. The van der Waals surface area contributed by atoms with Gasteiger partial charge in [-0.3, -0.25) is 0 Å². The molecular formula is C12H10N2. The number of hydrogen-bond donors (Lipinski definition) is 0. The molecule has 0 aliphatic heterocycles. The quantitative estimate of drug-likeness (QED) is 0.667. The molecule has 0 aliphatic carbocycles. The van der Waals surface area contributed by atoms with Gasteiger partial charge in [-0.2, -0.15) is 0 Å². The summed E-state index contributed by atoms with van der Waals surface area (Å²) in [5.41, 5.74) is 2.09. The summed E-state index contributed by atoms with van der Waals surface area (Å²) in [5, 5.41) is 1.06. The molecule has 0 fully saturated rings. The second-order valence-electron chi connectivity index (χ2n) is 2.94. The van der Waals surface area contributed by atoms with Crippen LogP contribution in [0.25, 0.3) is 17.0 Å². The average Bonchev–Trinajstić information content (AvgIpc) is 2.26. The van der Waals surface area contributed by atoms with E-state index in [4.69, 9.17) is 0 Å². The van der Waals surface area contributed by atoms with Gasteiger partial charge in [0.2, 0.25) is 0 Å². The van der Waals surface area contributed by atoms with E-state index in [2.05, 4.69) is 16.5 Å². The highest BCUT2D eigenvalue weighted by Gasteiger charge is 1.93. The van der Waals surface area contributed by atoms with Crippen molar-refractivity contribution in [3.63, 3.8) is 0 Å². The second kappa shape index (κ2) is 3.83. The van der Waals surface area contributed by atoms with Crippen LogP contribution in [0.1, 0.15) is 5.56 Å². The summed E-state index contributed by atoms with van der Waals surface area (Å²) in [4.78, 5) is 8.14. The molecule has 68 valence electrons. The first-order valence-corrected chi connectivity index (χ1v) is 4.39. The van der Waals surface area contributed by atoms with Crippen molar-refractivity contribution in [1.82, 2.24) is 9.97 Å². The summed E-state index contributed by atoms with van der Waals surface area (Å²) < 4.78 is 0. The highest BCUT2D eigenvalue weighted by molar-refractivity contribution is 5.80. The minimum Gasteiger partial charge on any atom is -0.244 e. The first-order chi connectivity index (χ1) is 6.90. The Morgan fingerprint density at radius 3 is 3.07 bits per heavy atom. The second-order valence-corrected chi connectivity index (χ2v) is 2.94. The third kappa shape index (κ3) is 1.69. The number of nitrogens with zero attached hydrogens (tertiary/aromatic N) is 2. The third-order valence-electron chi connectivity index (χ3n) is 1.96. The van der Waals surface area contributed by atoms with Crippen molar-refractivity contribution in [1.29, 1.82) is 0 Å². The van der Waals surface area contributed by atoms with Crippen molar-refractivity contribution < 1.29 is 0 Å². The predicted molar refractivity (Wildman–Crippen MR) is 58.8 cm³/mol. The Bertz CT molecular complexity index is 486. The minimum absolute atomic E-state index is 0.964. The van der Waals surface area contributed by atoms with E-state index in [-0.39, 0.29) is 0 Å². The molecule has 2 heteroatoms. The molecule has 1 aromatic heterocycles. The van der Waals surface area contributed by atoms with Crippen LogP contribution in [0.5, 0.6) is 0 Å². The molecule has 0 radical (unpaired) electrons. The molecule has 0 atom stereocenters. The van der Waals surface area contributed by atoms with E-state index in [0.717, 1.165) is 16.5 Å². The van der Waals surface area contributed by atoms with Gasteiger partial charge < -0.3 is 0 Å². The van der Waals surface area contributed by atoms with Crippen molar-refractivity contribution in [3.05, 3.63) is 55.0 Å². The standard InChI is InChI=1S/C12H10N2/c1-2-3-4-10-5-6-11-8-13-9-14-12(11)7-10/h2-9H,1H2/b4-3-. The van der Waals surface area contributed by atoms with Gasteiger partial charge >= 0.3 is 0 Å². The summed E-state index contributed by atoms with van der Waals surface area (Å²) in [7, 11) is 0. The predicted octanol–water partition coefficient (Wildman–Crippen LogP) is 2.83. The smallest absolute Gasteiger partial charge is 0.116 e. The van der Waals surface area contributed by atoms with Crippen LogP contribution in [0.15, 0.2) is 49.5 Å². The van der Waals surface area contributed by atoms with E-state index in [0.29, 0.717) is 0 Å². The fourth-order valence-electron chi connectivity index (χ4n) is 1.27. The number of allylic oxidation sites excluding steroid dienone is 2. The lowest BCUT2D eigenvalue weighted by Gasteiger charge is -1.96. The maximum absolute atomic E-state index is 4.18. The van der Waals surface area contributed by atoms with Crippen LogP contribution in [-0.2, 0) is 0 Å². The third-order valence-corrected chi connectivity index (χ3v) is 1.96. The number of hydrogen-bond acceptors (Lipinski definition) is 2. The van der Waals surface area contributed by atoms with Gasteiger partial charge in [0.15, 0.2) is 0 Å². The molecule has 2 nitrogen and oxygen atoms in total. The largest absolute Gasteiger partial charge is 0.244 e. The molecule has 0 bridgehead atoms. The normalized spacial score (nSPS) is 10.9. The van der Waals surface area contributed by atoms with Gasteiger partial charge in [-0.15, -0.1) is 0 Å². The van der Waals surface area contributed by atoms with Gasteiger partial charge in [0.25, 0.3) is 0 Å². The van der Waals surface area contributed by atoms with Crippen LogP contribution in [-0.4, -0.2) is 9.97 Å². The molecular weight excluding hydrogens is 172 g/mol. The van der Waals surface area contributed by atoms with Gasteiger partial charge in [-0.1, -0.05) is 36.9 Å². The number of benzene rings is 1. The van der Waals surface area contributed by atoms with Crippen LogP contribution in [0.2, 0.25) is 0 Å². The molecule has 0 spiro atoms. The monoisotopic (exact) mass is 182 g/mol. The van der Waals surface area contributed by atoms with Crippen molar-refractivity contribution in [3.8, 4) is 0 Å². The fourth-order valence-corrected chi connectivity index (χ4v) is 1.27. The Labute approximate surface area is 82.6 Å². The zero-order valence-corrected chi connectivity index (χ0v) is 7.72. The highest BCUT2D eigenvalue weighted by atomic mass is 14.8. The van der Waals surface area contributed by atoms with E-state index in [1.807, 2.05) is 36.5 Å². The van der Waals surface area contributed by atoms with Crippen LogP contribution in [0.3, 0.4) is 0 Å². The molecule has 0 saturated carbocycles. The lowest BCUT2D eigenvalue weighted by molar-refractivity contribution is 1.22. The molecule has 0 N–H and O–H groups in total. The maximum Gasteiger partial charge on any atom is 0.116 e. The van der Waals surface area contributed by atoms with Gasteiger partial charge in [-0.05, 0) is 11.6 Å². The highest BCUT2D eigenvalue weighted by Crippen LogP contribution is 2.12. The maximum atomic E-state index is 4.18.